The Bertz CT molecular complexity index is 277. The summed E-state index contributed by atoms with van der Waals surface area (Å²) in [6, 6.07) is 2.66. The molecule has 0 aromatic carbocycles. The van der Waals surface area contributed by atoms with Gasteiger partial charge in [-0.15, -0.1) is 0 Å². The first kappa shape index (κ1) is 11.9. The molecule has 0 aromatic rings. The lowest BCUT2D eigenvalue weighted by Crippen LogP contribution is -2.60. The molecule has 2 fully saturated rings. The Morgan fingerprint density at radius 2 is 1.88 bits per heavy atom. The van der Waals surface area contributed by atoms with E-state index in [9.17, 15) is 5.26 Å². The van der Waals surface area contributed by atoms with Crippen molar-refractivity contribution in [3.8, 4) is 6.07 Å². The van der Waals surface area contributed by atoms with Gasteiger partial charge in [-0.2, -0.15) is 5.26 Å². The molecular weight excluding hydrogens is 198 g/mol. The predicted molar refractivity (Wildman–Crippen MR) is 65.0 cm³/mol. The van der Waals surface area contributed by atoms with Crippen LogP contribution in [-0.2, 0) is 0 Å². The molecule has 90 valence electrons. The lowest BCUT2D eigenvalue weighted by Gasteiger charge is -2.49. The molecule has 0 bridgehead atoms. The van der Waals surface area contributed by atoms with Crippen LogP contribution in [0.2, 0.25) is 0 Å². The van der Waals surface area contributed by atoms with Crippen LogP contribution in [0, 0.1) is 17.2 Å². The predicted octanol–water partition coefficient (Wildman–Crippen LogP) is 1.71. The number of piperidine rings is 2. The molecule has 0 saturated carbocycles. The van der Waals surface area contributed by atoms with Gasteiger partial charge >= 0.3 is 0 Å². The molecule has 0 N–H and O–H groups in total. The topological polar surface area (TPSA) is 30.3 Å². The number of likely N-dealkylation sites (tertiary alicyclic amines) is 2. The normalized spacial score (nSPS) is 38.2. The summed E-state index contributed by atoms with van der Waals surface area (Å²) in [7, 11) is 2.16. The van der Waals surface area contributed by atoms with E-state index in [1.54, 1.807) is 0 Å². The smallest absolute Gasteiger partial charge is 0.114 e. The maximum absolute atomic E-state index is 9.64. The Balaban J connectivity index is 2.14. The maximum Gasteiger partial charge on any atom is 0.114 e. The van der Waals surface area contributed by atoms with Gasteiger partial charge < -0.3 is 4.90 Å². The summed E-state index contributed by atoms with van der Waals surface area (Å²) in [6.07, 6.45) is 4.89. The quantitative estimate of drug-likeness (QED) is 0.675. The third-order valence-corrected chi connectivity index (χ3v) is 4.39. The van der Waals surface area contributed by atoms with Crippen LogP contribution in [0.4, 0.5) is 0 Å². The number of nitriles is 1. The highest BCUT2D eigenvalue weighted by Crippen LogP contribution is 2.34. The zero-order valence-corrected chi connectivity index (χ0v) is 10.6. The van der Waals surface area contributed by atoms with Crippen LogP contribution in [0.25, 0.3) is 0 Å². The number of rotatable bonds is 1. The third-order valence-electron chi connectivity index (χ3n) is 4.39. The molecule has 0 aromatic heterocycles. The van der Waals surface area contributed by atoms with Crippen molar-refractivity contribution >= 4 is 0 Å². The van der Waals surface area contributed by atoms with Crippen LogP contribution >= 0.6 is 0 Å². The first-order chi connectivity index (χ1) is 7.69. The number of hydrogen-bond acceptors (Lipinski definition) is 3. The second-order valence-corrected chi connectivity index (χ2v) is 5.50. The Hall–Kier alpha value is -0.590. The number of hydrogen-bond donors (Lipinski definition) is 0. The van der Waals surface area contributed by atoms with Gasteiger partial charge in [0.15, 0.2) is 0 Å². The summed E-state index contributed by atoms with van der Waals surface area (Å²) in [5.74, 6) is 0.467. The molecule has 2 aliphatic rings. The SMILES string of the molecule is CC1CN(C)CCC1(C#N)N1CCCCC1. The minimum Gasteiger partial charge on any atom is -0.306 e. The van der Waals surface area contributed by atoms with Gasteiger partial charge in [0.1, 0.15) is 5.54 Å². The van der Waals surface area contributed by atoms with E-state index in [0.29, 0.717) is 5.92 Å². The van der Waals surface area contributed by atoms with Gasteiger partial charge in [-0.25, -0.2) is 0 Å². The Labute approximate surface area is 99.0 Å². The summed E-state index contributed by atoms with van der Waals surface area (Å²) in [5, 5.41) is 9.64. The lowest BCUT2D eigenvalue weighted by molar-refractivity contribution is 0.0126. The molecule has 0 amide bonds. The van der Waals surface area contributed by atoms with Gasteiger partial charge in [0.2, 0.25) is 0 Å². The van der Waals surface area contributed by atoms with Crippen molar-refractivity contribution in [2.24, 2.45) is 5.92 Å². The van der Waals surface area contributed by atoms with Crippen LogP contribution < -0.4 is 0 Å². The van der Waals surface area contributed by atoms with Crippen molar-refractivity contribution in [1.29, 1.82) is 5.26 Å². The highest BCUT2D eigenvalue weighted by molar-refractivity contribution is 5.14. The van der Waals surface area contributed by atoms with E-state index >= 15 is 0 Å². The molecule has 0 radical (unpaired) electrons. The van der Waals surface area contributed by atoms with E-state index in [1.807, 2.05) is 0 Å². The van der Waals surface area contributed by atoms with Crippen molar-refractivity contribution in [2.75, 3.05) is 33.2 Å². The van der Waals surface area contributed by atoms with Gasteiger partial charge in [0, 0.05) is 19.0 Å². The van der Waals surface area contributed by atoms with E-state index in [1.165, 1.54) is 19.3 Å². The molecule has 2 unspecified atom stereocenters. The van der Waals surface area contributed by atoms with E-state index in [2.05, 4.69) is 29.8 Å². The van der Waals surface area contributed by atoms with E-state index < -0.39 is 0 Å². The van der Waals surface area contributed by atoms with Crippen molar-refractivity contribution in [1.82, 2.24) is 9.80 Å². The first-order valence-corrected chi connectivity index (χ1v) is 6.54. The van der Waals surface area contributed by atoms with Gasteiger partial charge in [0.05, 0.1) is 6.07 Å². The van der Waals surface area contributed by atoms with Crippen molar-refractivity contribution in [3.63, 3.8) is 0 Å². The highest BCUT2D eigenvalue weighted by atomic mass is 15.2. The molecule has 16 heavy (non-hydrogen) atoms. The summed E-state index contributed by atoms with van der Waals surface area (Å²) < 4.78 is 0. The molecule has 0 spiro atoms. The Morgan fingerprint density at radius 1 is 1.19 bits per heavy atom. The first-order valence-electron chi connectivity index (χ1n) is 6.54. The minimum absolute atomic E-state index is 0.174. The fourth-order valence-electron chi connectivity index (χ4n) is 3.32. The highest BCUT2D eigenvalue weighted by Gasteiger charge is 2.45. The van der Waals surface area contributed by atoms with Crippen molar-refractivity contribution in [2.45, 2.75) is 38.1 Å². The van der Waals surface area contributed by atoms with Gasteiger partial charge in [-0.3, -0.25) is 4.90 Å². The standard InChI is InChI=1S/C13H23N3/c1-12-10-15(2)9-6-13(12,11-14)16-7-4-3-5-8-16/h12H,3-10H2,1-2H3. The van der Waals surface area contributed by atoms with Crippen molar-refractivity contribution in [3.05, 3.63) is 0 Å². The van der Waals surface area contributed by atoms with Gasteiger partial charge in [-0.05, 0) is 39.4 Å². The summed E-state index contributed by atoms with van der Waals surface area (Å²) in [4.78, 5) is 4.82. The van der Waals surface area contributed by atoms with Gasteiger partial charge in [0.25, 0.3) is 0 Å². The summed E-state index contributed by atoms with van der Waals surface area (Å²) >= 11 is 0. The van der Waals surface area contributed by atoms with E-state index in [0.717, 1.165) is 32.6 Å². The fourth-order valence-corrected chi connectivity index (χ4v) is 3.32. The fraction of sp³-hybridized carbons (Fsp3) is 0.923. The summed E-state index contributed by atoms with van der Waals surface area (Å²) in [5.41, 5.74) is -0.174. The van der Waals surface area contributed by atoms with E-state index in [-0.39, 0.29) is 5.54 Å². The average molecular weight is 221 g/mol. The zero-order valence-electron chi connectivity index (χ0n) is 10.6. The summed E-state index contributed by atoms with van der Waals surface area (Å²) in [6.45, 7) is 6.62. The Morgan fingerprint density at radius 3 is 2.44 bits per heavy atom. The molecule has 2 rings (SSSR count). The molecule has 3 nitrogen and oxygen atoms in total. The van der Waals surface area contributed by atoms with Crippen LogP contribution in [-0.4, -0.2) is 48.6 Å². The third kappa shape index (κ3) is 1.97. The van der Waals surface area contributed by atoms with E-state index in [4.69, 9.17) is 0 Å². The molecule has 2 aliphatic heterocycles. The monoisotopic (exact) mass is 221 g/mol. The van der Waals surface area contributed by atoms with Crippen LogP contribution in [0.3, 0.4) is 0 Å². The Kier molecular flexibility index (Phi) is 3.51. The number of nitrogens with zero attached hydrogens (tertiary/aromatic N) is 3. The second-order valence-electron chi connectivity index (χ2n) is 5.50. The largest absolute Gasteiger partial charge is 0.306 e. The second kappa shape index (κ2) is 4.73. The van der Waals surface area contributed by atoms with Crippen LogP contribution in [0.1, 0.15) is 32.6 Å². The zero-order chi connectivity index (χ0) is 11.6. The molecule has 2 atom stereocenters. The van der Waals surface area contributed by atoms with Crippen LogP contribution in [0.5, 0.6) is 0 Å². The average Bonchev–Trinajstić information content (AvgIpc) is 2.31. The lowest BCUT2D eigenvalue weighted by atomic mass is 9.77. The molecule has 0 aliphatic carbocycles. The van der Waals surface area contributed by atoms with Crippen LogP contribution in [0.15, 0.2) is 0 Å². The molecule has 3 heteroatoms. The molecular formula is C13H23N3. The minimum atomic E-state index is -0.174. The molecule has 2 saturated heterocycles. The molecule has 2 heterocycles. The van der Waals surface area contributed by atoms with Crippen molar-refractivity contribution < 1.29 is 0 Å². The van der Waals surface area contributed by atoms with Gasteiger partial charge in [-0.1, -0.05) is 13.3 Å². The maximum atomic E-state index is 9.64.